The number of para-hydroxylation sites is 3. The van der Waals surface area contributed by atoms with Crippen LogP contribution in [0.15, 0.2) is 271 Å². The summed E-state index contributed by atoms with van der Waals surface area (Å²) in [5.41, 5.74) is 16.9. The first-order valence-electron chi connectivity index (χ1n) is 25.5. The molecule has 352 valence electrons. The molecule has 11 aromatic carbocycles. The predicted molar refractivity (Wildman–Crippen MR) is 316 cm³/mol. The van der Waals surface area contributed by atoms with E-state index in [-0.39, 0.29) is 0 Å². The maximum Gasteiger partial charge on any atom is 0.159 e. The number of amidine groups is 2. The second kappa shape index (κ2) is 17.6. The van der Waals surface area contributed by atoms with Crippen LogP contribution in [0.2, 0.25) is 0 Å². The zero-order valence-electron chi connectivity index (χ0n) is 40.6. The van der Waals surface area contributed by atoms with Crippen LogP contribution in [-0.2, 0) is 0 Å². The minimum absolute atomic E-state index is 0.467. The van der Waals surface area contributed by atoms with Crippen molar-refractivity contribution in [3.63, 3.8) is 0 Å². The first kappa shape index (κ1) is 43.0. The molecule has 6 heteroatoms. The lowest BCUT2D eigenvalue weighted by Crippen LogP contribution is -2.34. The van der Waals surface area contributed by atoms with E-state index in [4.69, 9.17) is 9.98 Å². The Balaban J connectivity index is 0.912. The molecule has 0 amide bonds. The second-order valence-electron chi connectivity index (χ2n) is 19.3. The van der Waals surface area contributed by atoms with Crippen LogP contribution in [0.4, 0.5) is 0 Å². The lowest BCUT2D eigenvalue weighted by atomic mass is 9.95. The molecule has 5 nitrogen and oxygen atoms in total. The topological polar surface area (TPSA) is 46.6 Å². The zero-order chi connectivity index (χ0) is 49.4. The van der Waals surface area contributed by atoms with Gasteiger partial charge in [0, 0.05) is 64.1 Å². The highest BCUT2D eigenvalue weighted by atomic mass is 32.1. The van der Waals surface area contributed by atoms with Crippen molar-refractivity contribution in [1.29, 1.82) is 0 Å². The molecule has 14 aromatic rings. The Kier molecular flexibility index (Phi) is 10.1. The van der Waals surface area contributed by atoms with E-state index in [0.29, 0.717) is 5.84 Å². The maximum atomic E-state index is 5.52. The van der Waals surface area contributed by atoms with Gasteiger partial charge in [0.2, 0.25) is 0 Å². The smallest absolute Gasteiger partial charge is 0.159 e. The third-order valence-electron chi connectivity index (χ3n) is 15.0. The van der Waals surface area contributed by atoms with Crippen molar-refractivity contribution in [2.75, 3.05) is 0 Å². The average Bonchev–Trinajstić information content (AvgIpc) is 4.15. The number of nitrogens with zero attached hydrogens (tertiary/aromatic N) is 4. The SMILES string of the molecule is c1ccc(-c2ccc(C3=NC(c4ccccc4-n4c5ccccc5c5c(-c6cccc7c6c6ccc(-c8ccccc8)cc6n7-c6ccccc6)cccc54)NC(c4ccc5sc6ccccc6c5c4)=N3)cc2)cc1. The molecule has 0 aliphatic carbocycles. The standard InChI is InChI=1S/C69H45N5S/c1-4-18-44(19-5-1)46-34-36-47(37-35-46)67-70-68(49-39-41-64-57(42-49)51-24-12-15-33-63(51)75-64)72-69(71-67)56-26-11-14-30-59(56)74-58-29-13-10-25-54(58)65-52(28-17-32-61(65)74)53-27-16-31-60-66(53)55-40-38-48(45-20-6-2-7-21-45)43-62(55)73(60)50-22-8-3-9-23-50/h1-43,69H,(H,70,71,72). The summed E-state index contributed by atoms with van der Waals surface area (Å²) in [6, 6.07) is 94.2. The quantitative estimate of drug-likeness (QED) is 0.162. The summed E-state index contributed by atoms with van der Waals surface area (Å²) in [6.07, 6.45) is -0.467. The van der Waals surface area contributed by atoms with Crippen molar-refractivity contribution in [3.8, 4) is 44.8 Å². The van der Waals surface area contributed by atoms with Gasteiger partial charge in [-0.2, -0.15) is 0 Å². The number of aliphatic imine (C=N–C) groups is 2. The molecule has 1 aliphatic heterocycles. The number of fused-ring (bicyclic) bond motifs is 9. The summed E-state index contributed by atoms with van der Waals surface area (Å²) in [6.45, 7) is 0. The number of hydrogen-bond acceptors (Lipinski definition) is 4. The van der Waals surface area contributed by atoms with Crippen LogP contribution in [0.5, 0.6) is 0 Å². The van der Waals surface area contributed by atoms with Crippen LogP contribution >= 0.6 is 11.3 Å². The number of nitrogens with one attached hydrogen (secondary N) is 1. The second-order valence-corrected chi connectivity index (χ2v) is 20.4. The summed E-state index contributed by atoms with van der Waals surface area (Å²) in [5, 5.41) is 11.2. The van der Waals surface area contributed by atoms with Crippen LogP contribution < -0.4 is 5.32 Å². The van der Waals surface area contributed by atoms with Crippen molar-refractivity contribution in [2.45, 2.75) is 6.17 Å². The van der Waals surface area contributed by atoms with Crippen molar-refractivity contribution >= 4 is 86.8 Å². The van der Waals surface area contributed by atoms with Crippen molar-refractivity contribution in [2.24, 2.45) is 9.98 Å². The van der Waals surface area contributed by atoms with E-state index in [2.05, 4.69) is 275 Å². The highest BCUT2D eigenvalue weighted by Gasteiger charge is 2.27. The zero-order valence-corrected chi connectivity index (χ0v) is 41.4. The van der Waals surface area contributed by atoms with E-state index in [0.717, 1.165) is 50.5 Å². The van der Waals surface area contributed by atoms with Gasteiger partial charge in [-0.1, -0.05) is 194 Å². The van der Waals surface area contributed by atoms with Crippen LogP contribution in [0, 0.1) is 0 Å². The summed E-state index contributed by atoms with van der Waals surface area (Å²) in [5.74, 6) is 1.47. The van der Waals surface area contributed by atoms with Crippen LogP contribution in [0.25, 0.3) is 109 Å². The Hall–Kier alpha value is -9.62. The van der Waals surface area contributed by atoms with E-state index in [1.54, 1.807) is 0 Å². The maximum absolute atomic E-state index is 5.52. The largest absolute Gasteiger partial charge is 0.344 e. The van der Waals surface area contributed by atoms with Gasteiger partial charge < -0.3 is 14.5 Å². The summed E-state index contributed by atoms with van der Waals surface area (Å²) < 4.78 is 7.41. The first-order valence-corrected chi connectivity index (χ1v) is 26.3. The van der Waals surface area contributed by atoms with Crippen LogP contribution in [0.3, 0.4) is 0 Å². The number of thiophene rings is 1. The van der Waals surface area contributed by atoms with Gasteiger partial charge in [-0.25, -0.2) is 9.98 Å². The molecule has 0 fully saturated rings. The van der Waals surface area contributed by atoms with Crippen molar-refractivity contribution < 1.29 is 0 Å². The lowest BCUT2D eigenvalue weighted by molar-refractivity contribution is 0.671. The Morgan fingerprint density at radius 2 is 0.907 bits per heavy atom. The van der Waals surface area contributed by atoms with Gasteiger partial charge in [0.05, 0.1) is 27.8 Å². The van der Waals surface area contributed by atoms with Crippen LogP contribution in [0.1, 0.15) is 22.9 Å². The molecule has 15 rings (SSSR count). The Labute approximate surface area is 437 Å². The number of hydrogen-bond donors (Lipinski definition) is 1. The molecule has 0 bridgehead atoms. The molecule has 0 saturated heterocycles. The van der Waals surface area contributed by atoms with Gasteiger partial charge in [-0.15, -0.1) is 11.3 Å². The first-order chi connectivity index (χ1) is 37.2. The fourth-order valence-electron chi connectivity index (χ4n) is 11.6. The molecule has 0 saturated carbocycles. The third kappa shape index (κ3) is 7.14. The number of rotatable bonds is 8. The molecule has 1 atom stereocenters. The molecule has 0 spiro atoms. The van der Waals surface area contributed by atoms with Crippen LogP contribution in [-0.4, -0.2) is 20.8 Å². The highest BCUT2D eigenvalue weighted by molar-refractivity contribution is 7.25. The Morgan fingerprint density at radius 1 is 0.360 bits per heavy atom. The minimum atomic E-state index is -0.467. The van der Waals surface area contributed by atoms with Gasteiger partial charge in [-0.05, 0) is 100 Å². The molecular formula is C69H45N5S. The number of benzene rings is 11. The average molecular weight is 976 g/mol. The normalized spacial score (nSPS) is 13.7. The Bertz CT molecular complexity index is 4600. The van der Waals surface area contributed by atoms with Crippen molar-refractivity contribution in [3.05, 3.63) is 278 Å². The summed E-state index contributed by atoms with van der Waals surface area (Å²) in [7, 11) is 0. The van der Waals surface area contributed by atoms with Gasteiger partial charge in [0.15, 0.2) is 5.84 Å². The molecule has 0 radical (unpaired) electrons. The van der Waals surface area contributed by atoms with Crippen molar-refractivity contribution in [1.82, 2.24) is 14.5 Å². The molecule has 75 heavy (non-hydrogen) atoms. The lowest BCUT2D eigenvalue weighted by Gasteiger charge is -2.26. The molecule has 1 aliphatic rings. The summed E-state index contributed by atoms with van der Waals surface area (Å²) >= 11 is 1.83. The van der Waals surface area contributed by atoms with E-state index < -0.39 is 6.17 Å². The highest BCUT2D eigenvalue weighted by Crippen LogP contribution is 2.45. The van der Waals surface area contributed by atoms with E-state index in [1.165, 1.54) is 80.6 Å². The minimum Gasteiger partial charge on any atom is -0.344 e. The van der Waals surface area contributed by atoms with E-state index in [9.17, 15) is 0 Å². The molecule has 3 aromatic heterocycles. The van der Waals surface area contributed by atoms with E-state index >= 15 is 0 Å². The predicted octanol–water partition coefficient (Wildman–Crippen LogP) is 17.7. The number of aromatic nitrogens is 2. The monoisotopic (exact) mass is 975 g/mol. The van der Waals surface area contributed by atoms with E-state index in [1.807, 2.05) is 11.3 Å². The van der Waals surface area contributed by atoms with Gasteiger partial charge in [0.1, 0.15) is 12.0 Å². The molecular weight excluding hydrogens is 931 g/mol. The fourth-order valence-corrected chi connectivity index (χ4v) is 12.7. The van der Waals surface area contributed by atoms with Gasteiger partial charge in [-0.3, -0.25) is 0 Å². The van der Waals surface area contributed by atoms with Gasteiger partial charge >= 0.3 is 0 Å². The van der Waals surface area contributed by atoms with Gasteiger partial charge in [0.25, 0.3) is 0 Å². The molecule has 1 N–H and O–H groups in total. The Morgan fingerprint density at radius 3 is 1.67 bits per heavy atom. The molecule has 4 heterocycles. The summed E-state index contributed by atoms with van der Waals surface area (Å²) in [4.78, 5) is 10.9. The third-order valence-corrected chi connectivity index (χ3v) is 16.2. The fraction of sp³-hybridized carbons (Fsp3) is 0.0145. The molecule has 1 unspecified atom stereocenters.